The summed E-state index contributed by atoms with van der Waals surface area (Å²) in [4.78, 5) is 12.5. The van der Waals surface area contributed by atoms with Crippen molar-refractivity contribution in [3.8, 4) is 0 Å². The van der Waals surface area contributed by atoms with E-state index in [9.17, 15) is 5.11 Å². The van der Waals surface area contributed by atoms with Crippen molar-refractivity contribution in [3.63, 3.8) is 0 Å². The number of hydrogen-bond donors (Lipinski definition) is 2. The van der Waals surface area contributed by atoms with Gasteiger partial charge in [-0.15, -0.1) is 0 Å². The van der Waals surface area contributed by atoms with Crippen molar-refractivity contribution in [2.24, 2.45) is 0 Å². The molecule has 2 atom stereocenters. The molecule has 21 heavy (non-hydrogen) atoms. The molecule has 0 aliphatic rings. The Bertz CT molecular complexity index is 566. The lowest BCUT2D eigenvalue weighted by Crippen LogP contribution is -2.21. The number of hydrogen-bond acceptors (Lipinski definition) is 5. The fourth-order valence-electron chi connectivity index (χ4n) is 2.68. The lowest BCUT2D eigenvalue weighted by molar-refractivity contribution is 0.124. The number of anilines is 1. The molecule has 0 aliphatic heterocycles. The van der Waals surface area contributed by atoms with Gasteiger partial charge in [-0.05, 0) is 13.3 Å². The molecule has 0 saturated heterocycles. The number of nitrogens with two attached hydrogens (primary N) is 1. The van der Waals surface area contributed by atoms with Crippen LogP contribution in [-0.4, -0.2) is 30.7 Å². The maximum absolute atomic E-state index is 10.1. The summed E-state index contributed by atoms with van der Waals surface area (Å²) in [5.74, 6) is 0.381. The minimum Gasteiger partial charge on any atom is -0.391 e. The van der Waals surface area contributed by atoms with Gasteiger partial charge in [0.15, 0.2) is 11.5 Å². The summed E-state index contributed by atoms with van der Waals surface area (Å²) < 4.78 is 1.93. The summed E-state index contributed by atoms with van der Waals surface area (Å²) >= 11 is 0. The van der Waals surface area contributed by atoms with Crippen LogP contribution in [0.2, 0.25) is 0 Å². The second-order valence-corrected chi connectivity index (χ2v) is 5.59. The number of rotatable bonds is 8. The van der Waals surface area contributed by atoms with Gasteiger partial charge in [-0.1, -0.05) is 39.0 Å². The second-order valence-electron chi connectivity index (χ2n) is 5.59. The zero-order valence-electron chi connectivity index (χ0n) is 12.9. The lowest BCUT2D eigenvalue weighted by Gasteiger charge is -2.21. The van der Waals surface area contributed by atoms with Gasteiger partial charge in [-0.2, -0.15) is 0 Å². The number of aromatic nitrogens is 4. The largest absolute Gasteiger partial charge is 0.391 e. The average molecular weight is 291 g/mol. The number of imidazole rings is 1. The van der Waals surface area contributed by atoms with Crippen LogP contribution in [0.25, 0.3) is 11.2 Å². The van der Waals surface area contributed by atoms with Crippen molar-refractivity contribution < 1.29 is 5.11 Å². The van der Waals surface area contributed by atoms with Gasteiger partial charge in [0.1, 0.15) is 11.8 Å². The van der Waals surface area contributed by atoms with Crippen molar-refractivity contribution in [2.75, 3.05) is 5.73 Å². The summed E-state index contributed by atoms with van der Waals surface area (Å²) in [6.07, 6.45) is 9.66. The molecule has 2 aromatic rings. The molecule has 0 radical (unpaired) electrons. The Hall–Kier alpha value is -1.69. The van der Waals surface area contributed by atoms with E-state index in [0.29, 0.717) is 17.0 Å². The van der Waals surface area contributed by atoms with Gasteiger partial charge >= 0.3 is 0 Å². The molecule has 0 amide bonds. The van der Waals surface area contributed by atoms with Crippen LogP contribution in [0.3, 0.4) is 0 Å². The first-order valence-electron chi connectivity index (χ1n) is 7.76. The summed E-state index contributed by atoms with van der Waals surface area (Å²) in [5.41, 5.74) is 7.11. The number of unbranched alkanes of at least 4 members (excludes halogenated alkanes) is 4. The van der Waals surface area contributed by atoms with Crippen LogP contribution in [-0.2, 0) is 0 Å². The fourth-order valence-corrected chi connectivity index (χ4v) is 2.68. The summed E-state index contributed by atoms with van der Waals surface area (Å²) in [7, 11) is 0. The Kier molecular flexibility index (Phi) is 5.50. The number of aliphatic hydroxyl groups is 1. The van der Waals surface area contributed by atoms with Crippen molar-refractivity contribution in [3.05, 3.63) is 12.7 Å². The van der Waals surface area contributed by atoms with E-state index in [1.165, 1.54) is 32.0 Å². The van der Waals surface area contributed by atoms with Gasteiger partial charge in [-0.25, -0.2) is 15.0 Å². The average Bonchev–Trinajstić information content (AvgIpc) is 2.88. The molecule has 2 aromatic heterocycles. The minimum atomic E-state index is -0.454. The van der Waals surface area contributed by atoms with E-state index in [4.69, 9.17) is 5.73 Å². The highest BCUT2D eigenvalue weighted by Gasteiger charge is 2.20. The van der Waals surface area contributed by atoms with Crippen LogP contribution >= 0.6 is 0 Å². The molecule has 6 nitrogen and oxygen atoms in total. The number of fused-ring (bicyclic) bond motifs is 1. The Labute approximate surface area is 125 Å². The SMILES string of the molecule is CCCCCCC[C@H]([C@H](C)O)n1cnc2c(N)ncnc21. The molecule has 6 heteroatoms. The molecular weight excluding hydrogens is 266 g/mol. The van der Waals surface area contributed by atoms with Crippen LogP contribution < -0.4 is 5.73 Å². The predicted molar refractivity (Wildman–Crippen MR) is 83.8 cm³/mol. The molecule has 116 valence electrons. The van der Waals surface area contributed by atoms with E-state index < -0.39 is 6.10 Å². The Morgan fingerprint density at radius 3 is 2.67 bits per heavy atom. The third-order valence-electron chi connectivity index (χ3n) is 3.90. The molecule has 0 saturated carbocycles. The molecule has 2 rings (SSSR count). The predicted octanol–water partition coefficient (Wildman–Crippen LogP) is 2.69. The number of nitrogen functional groups attached to an aromatic ring is 1. The van der Waals surface area contributed by atoms with E-state index in [0.717, 1.165) is 12.8 Å². The van der Waals surface area contributed by atoms with Crippen molar-refractivity contribution in [1.29, 1.82) is 0 Å². The highest BCUT2D eigenvalue weighted by Crippen LogP contribution is 2.25. The van der Waals surface area contributed by atoms with Crippen molar-refractivity contribution in [1.82, 2.24) is 19.5 Å². The van der Waals surface area contributed by atoms with E-state index in [1.54, 1.807) is 6.33 Å². The molecule has 0 bridgehead atoms. The molecule has 0 unspecified atom stereocenters. The molecule has 2 heterocycles. The van der Waals surface area contributed by atoms with Gasteiger partial charge in [0.05, 0.1) is 18.5 Å². The Morgan fingerprint density at radius 2 is 1.95 bits per heavy atom. The first kappa shape index (κ1) is 15.7. The standard InChI is InChI=1S/C15H25N5O/c1-3-4-5-6-7-8-12(11(2)21)20-10-19-13-14(16)17-9-18-15(13)20/h9-12,21H,3-8H2,1-2H3,(H2,16,17,18)/t11-,12+/m0/s1. The molecular formula is C15H25N5O. The third-order valence-corrected chi connectivity index (χ3v) is 3.90. The first-order valence-corrected chi connectivity index (χ1v) is 7.76. The molecule has 0 aromatic carbocycles. The molecule has 3 N–H and O–H groups in total. The van der Waals surface area contributed by atoms with E-state index in [-0.39, 0.29) is 6.04 Å². The maximum atomic E-state index is 10.1. The van der Waals surface area contributed by atoms with Gasteiger partial charge in [0.2, 0.25) is 0 Å². The molecule has 0 spiro atoms. The minimum absolute atomic E-state index is 0.0223. The van der Waals surface area contributed by atoms with E-state index in [1.807, 2.05) is 11.5 Å². The first-order chi connectivity index (χ1) is 10.1. The van der Waals surface area contributed by atoms with Crippen LogP contribution in [0.4, 0.5) is 5.82 Å². The highest BCUT2D eigenvalue weighted by atomic mass is 16.3. The summed E-state index contributed by atoms with van der Waals surface area (Å²) in [5, 5.41) is 10.1. The van der Waals surface area contributed by atoms with Gasteiger partial charge < -0.3 is 15.4 Å². The van der Waals surface area contributed by atoms with Crippen LogP contribution in [0.5, 0.6) is 0 Å². The van der Waals surface area contributed by atoms with Crippen LogP contribution in [0, 0.1) is 0 Å². The summed E-state index contributed by atoms with van der Waals surface area (Å²) in [6.45, 7) is 4.02. The monoisotopic (exact) mass is 291 g/mol. The second kappa shape index (κ2) is 7.36. The van der Waals surface area contributed by atoms with Crippen molar-refractivity contribution in [2.45, 2.75) is 64.5 Å². The topological polar surface area (TPSA) is 89.8 Å². The van der Waals surface area contributed by atoms with Crippen molar-refractivity contribution >= 4 is 17.0 Å². The zero-order valence-corrected chi connectivity index (χ0v) is 12.9. The smallest absolute Gasteiger partial charge is 0.165 e. The Morgan fingerprint density at radius 1 is 1.19 bits per heavy atom. The maximum Gasteiger partial charge on any atom is 0.165 e. The van der Waals surface area contributed by atoms with E-state index >= 15 is 0 Å². The van der Waals surface area contributed by atoms with Gasteiger partial charge in [-0.3, -0.25) is 0 Å². The van der Waals surface area contributed by atoms with Gasteiger partial charge in [0, 0.05) is 0 Å². The zero-order chi connectivity index (χ0) is 15.2. The lowest BCUT2D eigenvalue weighted by atomic mass is 10.0. The quantitative estimate of drug-likeness (QED) is 0.730. The highest BCUT2D eigenvalue weighted by molar-refractivity contribution is 5.81. The third kappa shape index (κ3) is 3.69. The van der Waals surface area contributed by atoms with Gasteiger partial charge in [0.25, 0.3) is 0 Å². The van der Waals surface area contributed by atoms with E-state index in [2.05, 4.69) is 21.9 Å². The molecule has 0 aliphatic carbocycles. The number of aliphatic hydroxyl groups excluding tert-OH is 1. The normalized spacial score (nSPS) is 14.4. The Balaban J connectivity index is 2.11. The fraction of sp³-hybridized carbons (Fsp3) is 0.667. The van der Waals surface area contributed by atoms with Crippen LogP contribution in [0.1, 0.15) is 58.4 Å². The number of nitrogens with zero attached hydrogens (tertiary/aromatic N) is 4. The van der Waals surface area contributed by atoms with Crippen LogP contribution in [0.15, 0.2) is 12.7 Å². The molecule has 0 fully saturated rings. The summed E-state index contributed by atoms with van der Waals surface area (Å²) in [6, 6.07) is -0.0223.